The zero-order chi connectivity index (χ0) is 11.3. The average Bonchev–Trinajstić information content (AvgIpc) is 2.53. The number of hydrogen-bond donors (Lipinski definition) is 1. The molecular formula is C11H20F3N. The Bertz CT molecular complexity index is 173. The average molecular weight is 223 g/mol. The largest absolute Gasteiger partial charge is 0.390 e. The van der Waals surface area contributed by atoms with Crippen LogP contribution in [0.1, 0.15) is 45.4 Å². The summed E-state index contributed by atoms with van der Waals surface area (Å²) in [5.41, 5.74) is 0. The second-order valence-electron chi connectivity index (χ2n) is 4.61. The molecule has 15 heavy (non-hydrogen) atoms. The van der Waals surface area contributed by atoms with Gasteiger partial charge in [0.2, 0.25) is 0 Å². The van der Waals surface area contributed by atoms with E-state index >= 15 is 0 Å². The first-order valence-corrected chi connectivity index (χ1v) is 5.77. The monoisotopic (exact) mass is 223 g/mol. The molecule has 1 atom stereocenters. The van der Waals surface area contributed by atoms with Crippen molar-refractivity contribution in [3.05, 3.63) is 0 Å². The fraction of sp³-hybridized carbons (Fsp3) is 1.00. The van der Waals surface area contributed by atoms with Crippen LogP contribution in [0.25, 0.3) is 0 Å². The highest BCUT2D eigenvalue weighted by Gasteiger charge is 2.29. The minimum absolute atomic E-state index is 0.452. The topological polar surface area (TPSA) is 12.0 Å². The highest BCUT2D eigenvalue weighted by molar-refractivity contribution is 4.70. The molecule has 0 amide bonds. The van der Waals surface area contributed by atoms with Gasteiger partial charge in [0.05, 0.1) is 6.42 Å². The first-order chi connectivity index (χ1) is 6.97. The van der Waals surface area contributed by atoms with E-state index in [0.29, 0.717) is 0 Å². The van der Waals surface area contributed by atoms with Crippen LogP contribution in [0.2, 0.25) is 0 Å². The molecule has 0 bridgehead atoms. The quantitative estimate of drug-likeness (QED) is 0.752. The van der Waals surface area contributed by atoms with Crippen molar-refractivity contribution in [2.24, 2.45) is 5.92 Å². The third kappa shape index (κ3) is 6.03. The van der Waals surface area contributed by atoms with E-state index in [1.807, 2.05) is 0 Å². The van der Waals surface area contributed by atoms with E-state index in [2.05, 4.69) is 5.32 Å². The predicted molar refractivity (Wildman–Crippen MR) is 54.7 cm³/mol. The summed E-state index contributed by atoms with van der Waals surface area (Å²) in [6.07, 6.45) is 1.37. The van der Waals surface area contributed by atoms with E-state index in [4.69, 9.17) is 0 Å². The minimum atomic E-state index is -4.04. The Kier molecular flexibility index (Phi) is 4.90. The summed E-state index contributed by atoms with van der Waals surface area (Å²) >= 11 is 0. The number of alkyl halides is 3. The smallest absolute Gasteiger partial charge is 0.314 e. The van der Waals surface area contributed by atoms with Gasteiger partial charge in [0.1, 0.15) is 0 Å². The van der Waals surface area contributed by atoms with Crippen LogP contribution in [0.3, 0.4) is 0 Å². The van der Waals surface area contributed by atoms with Crippen molar-refractivity contribution in [1.82, 2.24) is 5.32 Å². The molecule has 4 heteroatoms. The standard InChI is InChI=1S/C11H20F3N/c1-9(8-11(12,13)14)15-7-6-10-4-2-3-5-10/h9-10,15H,2-8H2,1H3. The van der Waals surface area contributed by atoms with Crippen LogP contribution in [-0.2, 0) is 0 Å². The van der Waals surface area contributed by atoms with Crippen molar-refractivity contribution >= 4 is 0 Å². The lowest BCUT2D eigenvalue weighted by Crippen LogP contribution is -2.32. The van der Waals surface area contributed by atoms with E-state index in [1.54, 1.807) is 6.92 Å². The van der Waals surface area contributed by atoms with Crippen molar-refractivity contribution < 1.29 is 13.2 Å². The molecule has 0 radical (unpaired) electrons. The van der Waals surface area contributed by atoms with E-state index in [9.17, 15) is 13.2 Å². The molecule has 1 N–H and O–H groups in total. The number of halogens is 3. The molecule has 1 nitrogen and oxygen atoms in total. The summed E-state index contributed by atoms with van der Waals surface area (Å²) in [5.74, 6) is 0.746. The molecule has 0 heterocycles. The Hall–Kier alpha value is -0.250. The van der Waals surface area contributed by atoms with Gasteiger partial charge in [0.25, 0.3) is 0 Å². The van der Waals surface area contributed by atoms with Crippen LogP contribution in [-0.4, -0.2) is 18.8 Å². The normalized spacial score (nSPS) is 20.8. The van der Waals surface area contributed by atoms with Crippen molar-refractivity contribution in [3.8, 4) is 0 Å². The zero-order valence-electron chi connectivity index (χ0n) is 9.24. The maximum atomic E-state index is 12.0. The number of nitrogens with one attached hydrogen (secondary N) is 1. The molecular weight excluding hydrogens is 203 g/mol. The first-order valence-electron chi connectivity index (χ1n) is 5.77. The Morgan fingerprint density at radius 2 is 1.87 bits per heavy atom. The second kappa shape index (κ2) is 5.73. The maximum Gasteiger partial charge on any atom is 0.390 e. The highest BCUT2D eigenvalue weighted by atomic mass is 19.4. The minimum Gasteiger partial charge on any atom is -0.314 e. The summed E-state index contributed by atoms with van der Waals surface area (Å²) in [4.78, 5) is 0. The summed E-state index contributed by atoms with van der Waals surface area (Å²) in [5, 5.41) is 2.95. The molecule has 1 aliphatic rings. The zero-order valence-corrected chi connectivity index (χ0v) is 9.24. The third-order valence-corrected chi connectivity index (χ3v) is 3.06. The van der Waals surface area contributed by atoms with Gasteiger partial charge in [-0.2, -0.15) is 13.2 Å². The van der Waals surface area contributed by atoms with Gasteiger partial charge in [-0.25, -0.2) is 0 Å². The lowest BCUT2D eigenvalue weighted by molar-refractivity contribution is -0.139. The molecule has 0 aliphatic heterocycles. The molecule has 1 saturated carbocycles. The lowest BCUT2D eigenvalue weighted by atomic mass is 10.0. The molecule has 90 valence electrons. The van der Waals surface area contributed by atoms with Crippen LogP contribution in [0.4, 0.5) is 13.2 Å². The van der Waals surface area contributed by atoms with Gasteiger partial charge in [0, 0.05) is 6.04 Å². The Morgan fingerprint density at radius 3 is 2.40 bits per heavy atom. The van der Waals surface area contributed by atoms with Crippen LogP contribution in [0.15, 0.2) is 0 Å². The molecule has 1 unspecified atom stereocenters. The first kappa shape index (κ1) is 12.8. The predicted octanol–water partition coefficient (Wildman–Crippen LogP) is 3.50. The van der Waals surface area contributed by atoms with Gasteiger partial charge < -0.3 is 5.32 Å². The Labute approximate surface area is 89.4 Å². The second-order valence-corrected chi connectivity index (χ2v) is 4.61. The summed E-state index contributed by atoms with van der Waals surface area (Å²) in [6, 6.07) is -0.452. The highest BCUT2D eigenvalue weighted by Crippen LogP contribution is 2.27. The van der Waals surface area contributed by atoms with Crippen molar-refractivity contribution in [3.63, 3.8) is 0 Å². The number of hydrogen-bond acceptors (Lipinski definition) is 1. The summed E-state index contributed by atoms with van der Waals surface area (Å²) in [6.45, 7) is 2.32. The van der Waals surface area contributed by atoms with E-state index in [0.717, 1.165) is 18.9 Å². The van der Waals surface area contributed by atoms with Gasteiger partial charge >= 0.3 is 6.18 Å². The molecule has 0 aromatic carbocycles. The van der Waals surface area contributed by atoms with Gasteiger partial charge in [-0.15, -0.1) is 0 Å². The molecule has 1 rings (SSSR count). The fourth-order valence-corrected chi connectivity index (χ4v) is 2.25. The van der Waals surface area contributed by atoms with Gasteiger partial charge in [-0.1, -0.05) is 25.7 Å². The van der Waals surface area contributed by atoms with Gasteiger partial charge in [-0.05, 0) is 25.8 Å². The molecule has 0 saturated heterocycles. The van der Waals surface area contributed by atoms with Crippen molar-refractivity contribution in [2.45, 2.75) is 57.7 Å². The number of rotatable bonds is 5. The van der Waals surface area contributed by atoms with Crippen molar-refractivity contribution in [1.29, 1.82) is 0 Å². The fourth-order valence-electron chi connectivity index (χ4n) is 2.25. The van der Waals surface area contributed by atoms with Crippen molar-refractivity contribution in [2.75, 3.05) is 6.54 Å². The van der Waals surface area contributed by atoms with E-state index < -0.39 is 18.6 Å². The van der Waals surface area contributed by atoms with Gasteiger partial charge in [-0.3, -0.25) is 0 Å². The van der Waals surface area contributed by atoms with E-state index in [-0.39, 0.29) is 0 Å². The molecule has 0 spiro atoms. The Balaban J connectivity index is 2.03. The maximum absolute atomic E-state index is 12.0. The Morgan fingerprint density at radius 1 is 1.27 bits per heavy atom. The van der Waals surface area contributed by atoms with Crippen LogP contribution in [0, 0.1) is 5.92 Å². The molecule has 0 aromatic rings. The lowest BCUT2D eigenvalue weighted by Gasteiger charge is -2.17. The molecule has 1 aliphatic carbocycles. The van der Waals surface area contributed by atoms with Crippen LogP contribution < -0.4 is 5.32 Å². The SMILES string of the molecule is CC(CC(F)(F)F)NCCC1CCCC1. The van der Waals surface area contributed by atoms with E-state index in [1.165, 1.54) is 25.7 Å². The molecule has 0 aromatic heterocycles. The summed E-state index contributed by atoms with van der Waals surface area (Å²) in [7, 11) is 0. The van der Waals surface area contributed by atoms with Gasteiger partial charge in [0.15, 0.2) is 0 Å². The molecule has 1 fully saturated rings. The third-order valence-electron chi connectivity index (χ3n) is 3.06. The summed E-state index contributed by atoms with van der Waals surface area (Å²) < 4.78 is 36.0. The van der Waals surface area contributed by atoms with Crippen LogP contribution in [0.5, 0.6) is 0 Å². The van der Waals surface area contributed by atoms with Crippen LogP contribution >= 0.6 is 0 Å².